The predicted molar refractivity (Wildman–Crippen MR) is 113 cm³/mol. The van der Waals surface area contributed by atoms with E-state index in [2.05, 4.69) is 16.2 Å². The Morgan fingerprint density at radius 2 is 1.97 bits per heavy atom. The molecular weight excluding hydrogens is 386 g/mol. The quantitative estimate of drug-likeness (QED) is 0.526. The minimum Gasteiger partial charge on any atom is -0.497 e. The minimum absolute atomic E-state index is 0.137. The van der Waals surface area contributed by atoms with Crippen LogP contribution in [-0.2, 0) is 0 Å². The molecule has 0 N–H and O–H groups in total. The zero-order valence-corrected chi connectivity index (χ0v) is 16.6. The molecule has 1 aliphatic heterocycles. The molecule has 2 aromatic carbocycles. The van der Waals surface area contributed by atoms with Crippen LogP contribution in [0.2, 0.25) is 0 Å². The third-order valence-electron chi connectivity index (χ3n) is 4.84. The predicted octanol–water partition coefficient (Wildman–Crippen LogP) is 3.19. The Morgan fingerprint density at radius 1 is 1.17 bits per heavy atom. The number of hydrogen-bond acceptors (Lipinski definition) is 6. The van der Waals surface area contributed by atoms with Crippen LogP contribution in [0, 0.1) is 0 Å². The second kappa shape index (κ2) is 6.86. The third-order valence-corrected chi connectivity index (χ3v) is 5.80. The van der Waals surface area contributed by atoms with Crippen molar-refractivity contribution >= 4 is 28.4 Å². The van der Waals surface area contributed by atoms with Crippen molar-refractivity contribution in [3.05, 3.63) is 74.6 Å². The first-order valence-electron chi connectivity index (χ1n) is 9.15. The fourth-order valence-corrected chi connectivity index (χ4v) is 4.18. The monoisotopic (exact) mass is 403 g/mol. The van der Waals surface area contributed by atoms with Crippen molar-refractivity contribution in [2.75, 3.05) is 7.11 Å². The van der Waals surface area contributed by atoms with E-state index < -0.39 is 0 Å². The smallest absolute Gasteiger partial charge is 0.291 e. The molecule has 0 radical (unpaired) electrons. The van der Waals surface area contributed by atoms with E-state index in [9.17, 15) is 4.79 Å². The van der Waals surface area contributed by atoms with Gasteiger partial charge >= 0.3 is 0 Å². The van der Waals surface area contributed by atoms with Crippen LogP contribution < -0.4 is 19.6 Å². The molecule has 0 spiro atoms. The van der Waals surface area contributed by atoms with E-state index in [1.807, 2.05) is 61.5 Å². The van der Waals surface area contributed by atoms with E-state index in [0.717, 1.165) is 28.2 Å². The second-order valence-corrected chi connectivity index (χ2v) is 7.73. The summed E-state index contributed by atoms with van der Waals surface area (Å²) in [5, 5.41) is 4.40. The molecule has 1 atom stereocenters. The molecule has 3 heterocycles. The number of aromatic nitrogens is 3. The lowest BCUT2D eigenvalue weighted by Crippen LogP contribution is -2.26. The molecule has 7 heteroatoms. The average Bonchev–Trinajstić information content (AvgIpc) is 3.28. The zero-order chi connectivity index (χ0) is 20.0. The van der Waals surface area contributed by atoms with Crippen LogP contribution in [0.5, 0.6) is 11.5 Å². The summed E-state index contributed by atoms with van der Waals surface area (Å²) in [6, 6.07) is 15.3. The molecular formula is C22H17N3O3S. The molecule has 0 saturated heterocycles. The van der Waals surface area contributed by atoms with Gasteiger partial charge in [0.05, 0.1) is 11.6 Å². The third kappa shape index (κ3) is 3.09. The van der Waals surface area contributed by atoms with Crippen LogP contribution >= 0.6 is 11.3 Å². The van der Waals surface area contributed by atoms with Crippen LogP contribution in [0.3, 0.4) is 0 Å². The van der Waals surface area contributed by atoms with Crippen molar-refractivity contribution in [2.24, 2.45) is 0 Å². The van der Waals surface area contributed by atoms with Crippen LogP contribution in [0.4, 0.5) is 0 Å². The van der Waals surface area contributed by atoms with Gasteiger partial charge in [0.1, 0.15) is 17.6 Å². The minimum atomic E-state index is -0.177. The maximum atomic E-state index is 12.9. The number of benzene rings is 2. The van der Waals surface area contributed by atoms with E-state index in [-0.39, 0.29) is 11.7 Å². The van der Waals surface area contributed by atoms with Crippen molar-refractivity contribution in [1.82, 2.24) is 14.6 Å². The Balaban J connectivity index is 1.55. The van der Waals surface area contributed by atoms with E-state index >= 15 is 0 Å². The number of ether oxygens (including phenoxy) is 2. The van der Waals surface area contributed by atoms with E-state index in [0.29, 0.717) is 15.3 Å². The van der Waals surface area contributed by atoms with E-state index in [1.54, 1.807) is 7.11 Å². The maximum absolute atomic E-state index is 12.9. The summed E-state index contributed by atoms with van der Waals surface area (Å²) >= 11 is 1.32. The highest BCUT2D eigenvalue weighted by atomic mass is 32.1. The molecule has 1 unspecified atom stereocenters. The first-order chi connectivity index (χ1) is 14.1. The Labute approximate surface area is 170 Å². The highest BCUT2D eigenvalue weighted by Crippen LogP contribution is 2.29. The lowest BCUT2D eigenvalue weighted by atomic mass is 10.0. The van der Waals surface area contributed by atoms with Gasteiger partial charge in [-0.1, -0.05) is 29.5 Å². The molecule has 0 fully saturated rings. The molecule has 0 aliphatic carbocycles. The van der Waals surface area contributed by atoms with Gasteiger partial charge in [-0.15, -0.1) is 5.10 Å². The summed E-state index contributed by atoms with van der Waals surface area (Å²) in [7, 11) is 1.62. The number of para-hydroxylation sites is 1. The van der Waals surface area contributed by atoms with Gasteiger partial charge in [-0.2, -0.15) is 9.50 Å². The summed E-state index contributed by atoms with van der Waals surface area (Å²) in [4.78, 5) is 17.9. The average molecular weight is 403 g/mol. The fourth-order valence-electron chi connectivity index (χ4n) is 3.27. The van der Waals surface area contributed by atoms with E-state index in [1.165, 1.54) is 15.9 Å². The molecule has 0 bridgehead atoms. The summed E-state index contributed by atoms with van der Waals surface area (Å²) in [6.45, 7) is 1.97. The number of hydrogen-bond donors (Lipinski definition) is 0. The highest BCUT2D eigenvalue weighted by molar-refractivity contribution is 7.15. The number of thiazole rings is 1. The molecule has 2 aromatic heterocycles. The number of nitrogens with zero attached hydrogens (tertiary/aromatic N) is 3. The van der Waals surface area contributed by atoms with Gasteiger partial charge in [0, 0.05) is 11.1 Å². The van der Waals surface area contributed by atoms with E-state index in [4.69, 9.17) is 9.47 Å². The van der Waals surface area contributed by atoms with Gasteiger partial charge < -0.3 is 9.47 Å². The molecule has 1 aliphatic rings. The molecule has 5 rings (SSSR count). The Hall–Kier alpha value is -3.45. The summed E-state index contributed by atoms with van der Waals surface area (Å²) in [6.07, 6.45) is 3.79. The first kappa shape index (κ1) is 17.6. The topological polar surface area (TPSA) is 65.7 Å². The molecule has 6 nitrogen and oxygen atoms in total. The van der Waals surface area contributed by atoms with Gasteiger partial charge in [0.2, 0.25) is 4.96 Å². The molecule has 0 saturated carbocycles. The molecule has 29 heavy (non-hydrogen) atoms. The lowest BCUT2D eigenvalue weighted by molar-refractivity contribution is 0.259. The van der Waals surface area contributed by atoms with Gasteiger partial charge in [0.15, 0.2) is 5.82 Å². The summed E-state index contributed by atoms with van der Waals surface area (Å²) in [5.41, 5.74) is 2.61. The fraction of sp³-hybridized carbons (Fsp3) is 0.136. The van der Waals surface area contributed by atoms with Crippen molar-refractivity contribution in [1.29, 1.82) is 0 Å². The summed E-state index contributed by atoms with van der Waals surface area (Å²) < 4.78 is 13.1. The Bertz CT molecular complexity index is 1350. The van der Waals surface area contributed by atoms with Crippen LogP contribution in [0.15, 0.2) is 58.9 Å². The molecule has 0 amide bonds. The normalized spacial score (nSPS) is 16.4. The number of fused-ring (bicyclic) bond motifs is 2. The zero-order valence-electron chi connectivity index (χ0n) is 15.8. The standard InChI is InChI=1S/C22H17N3O3S/c1-13-16(11-15-5-3-4-6-18(15)28-13)12-19-21(26)25-22(29-19)23-20(24-25)14-7-9-17(27-2)10-8-14/h3-13H,1-2H3/b19-12-. The Morgan fingerprint density at radius 3 is 2.72 bits per heavy atom. The first-order valence-corrected chi connectivity index (χ1v) is 9.97. The maximum Gasteiger partial charge on any atom is 0.291 e. The van der Waals surface area contributed by atoms with Crippen LogP contribution in [0.25, 0.3) is 28.5 Å². The van der Waals surface area contributed by atoms with Crippen molar-refractivity contribution in [3.63, 3.8) is 0 Å². The molecule has 4 aromatic rings. The van der Waals surface area contributed by atoms with Crippen molar-refractivity contribution in [3.8, 4) is 22.9 Å². The van der Waals surface area contributed by atoms with Gasteiger partial charge in [0.25, 0.3) is 5.56 Å². The van der Waals surface area contributed by atoms with Crippen molar-refractivity contribution < 1.29 is 9.47 Å². The van der Waals surface area contributed by atoms with Crippen LogP contribution in [0.1, 0.15) is 12.5 Å². The SMILES string of the molecule is COc1ccc(-c2nc3s/c(=C\C4=Cc5ccccc5OC4C)c(=O)n3n2)cc1. The largest absolute Gasteiger partial charge is 0.497 e. The highest BCUT2D eigenvalue weighted by Gasteiger charge is 2.18. The lowest BCUT2D eigenvalue weighted by Gasteiger charge is -2.22. The Kier molecular flexibility index (Phi) is 4.17. The van der Waals surface area contributed by atoms with Gasteiger partial charge in [-0.05, 0) is 55.0 Å². The number of methoxy groups -OCH3 is 1. The van der Waals surface area contributed by atoms with Crippen molar-refractivity contribution in [2.45, 2.75) is 13.0 Å². The number of rotatable bonds is 3. The van der Waals surface area contributed by atoms with Gasteiger partial charge in [-0.3, -0.25) is 4.79 Å². The van der Waals surface area contributed by atoms with Crippen LogP contribution in [-0.4, -0.2) is 27.8 Å². The second-order valence-electron chi connectivity index (χ2n) is 6.72. The molecule has 144 valence electrons. The summed E-state index contributed by atoms with van der Waals surface area (Å²) in [5.74, 6) is 2.13. The van der Waals surface area contributed by atoms with Gasteiger partial charge in [-0.25, -0.2) is 0 Å².